The quantitative estimate of drug-likeness (QED) is 0.615. The Hall–Kier alpha value is -3.06. The van der Waals surface area contributed by atoms with Crippen molar-refractivity contribution in [3.05, 3.63) is 65.6 Å². The van der Waals surface area contributed by atoms with Crippen molar-refractivity contribution >= 4 is 28.4 Å². The minimum Gasteiger partial charge on any atom is -0.346 e. The van der Waals surface area contributed by atoms with Gasteiger partial charge in [-0.2, -0.15) is 0 Å². The van der Waals surface area contributed by atoms with Crippen LogP contribution < -0.4 is 5.32 Å². The third-order valence-electron chi connectivity index (χ3n) is 3.82. The summed E-state index contributed by atoms with van der Waals surface area (Å²) in [6, 6.07) is 11.7. The molecule has 0 aliphatic rings. The van der Waals surface area contributed by atoms with E-state index in [0.717, 1.165) is 21.9 Å². The van der Waals surface area contributed by atoms with Crippen LogP contribution >= 0.6 is 11.3 Å². The number of carbonyl (C=O) groups is 1. The molecule has 1 N–H and O–H groups in total. The maximum absolute atomic E-state index is 12.3. The molecule has 0 unspecified atom stereocenters. The lowest BCUT2D eigenvalue weighted by molar-refractivity contribution is 0.0950. The van der Waals surface area contributed by atoms with Crippen LogP contribution in [-0.4, -0.2) is 25.4 Å². The molecular formula is C18H15N5OS. The zero-order valence-corrected chi connectivity index (χ0v) is 14.3. The van der Waals surface area contributed by atoms with Crippen molar-refractivity contribution in [2.24, 2.45) is 7.05 Å². The number of aromatic nitrogens is 4. The van der Waals surface area contributed by atoms with Crippen LogP contribution in [0.3, 0.4) is 0 Å². The molecular weight excluding hydrogens is 334 g/mol. The highest BCUT2D eigenvalue weighted by Gasteiger charge is 2.11. The minimum absolute atomic E-state index is 0.186. The molecule has 0 bridgehead atoms. The van der Waals surface area contributed by atoms with Crippen LogP contribution in [0.25, 0.3) is 21.7 Å². The van der Waals surface area contributed by atoms with Gasteiger partial charge < -0.3 is 9.88 Å². The van der Waals surface area contributed by atoms with Crippen LogP contribution in [0.5, 0.6) is 0 Å². The van der Waals surface area contributed by atoms with Crippen molar-refractivity contribution in [2.75, 3.05) is 0 Å². The van der Waals surface area contributed by atoms with Gasteiger partial charge in [-0.1, -0.05) is 30.3 Å². The van der Waals surface area contributed by atoms with Gasteiger partial charge in [0.05, 0.1) is 24.1 Å². The average molecular weight is 349 g/mol. The Morgan fingerprint density at radius 3 is 2.92 bits per heavy atom. The van der Waals surface area contributed by atoms with Gasteiger partial charge in [-0.05, 0) is 6.07 Å². The van der Waals surface area contributed by atoms with Gasteiger partial charge in [0.15, 0.2) is 5.65 Å². The highest BCUT2D eigenvalue weighted by Crippen LogP contribution is 2.23. The third-order valence-corrected chi connectivity index (χ3v) is 4.76. The monoisotopic (exact) mass is 349 g/mol. The third kappa shape index (κ3) is 3.14. The fourth-order valence-electron chi connectivity index (χ4n) is 2.51. The Labute approximate surface area is 148 Å². The molecule has 25 heavy (non-hydrogen) atoms. The lowest BCUT2D eigenvalue weighted by Crippen LogP contribution is -2.23. The summed E-state index contributed by atoms with van der Waals surface area (Å²) < 4.78 is 1.82. The number of fused-ring (bicyclic) bond motifs is 1. The van der Waals surface area contributed by atoms with Crippen molar-refractivity contribution in [1.29, 1.82) is 0 Å². The van der Waals surface area contributed by atoms with E-state index in [0.29, 0.717) is 17.6 Å². The molecule has 3 aromatic heterocycles. The summed E-state index contributed by atoms with van der Waals surface area (Å²) in [6.45, 7) is 0.377. The number of nitrogens with zero attached hydrogens (tertiary/aromatic N) is 4. The zero-order valence-electron chi connectivity index (χ0n) is 13.5. The number of imidazole rings is 1. The van der Waals surface area contributed by atoms with E-state index >= 15 is 0 Å². The smallest absolute Gasteiger partial charge is 0.253 e. The second-order valence-corrected chi connectivity index (χ2v) is 6.47. The number of carbonyl (C=O) groups excluding carboxylic acids is 1. The van der Waals surface area contributed by atoms with Gasteiger partial charge in [0.2, 0.25) is 0 Å². The summed E-state index contributed by atoms with van der Waals surface area (Å²) in [5, 5.41) is 5.79. The number of hydrogen-bond acceptors (Lipinski definition) is 5. The molecule has 1 aromatic carbocycles. The summed E-state index contributed by atoms with van der Waals surface area (Å²) in [4.78, 5) is 25.4. The number of pyridine rings is 1. The van der Waals surface area contributed by atoms with Crippen molar-refractivity contribution in [1.82, 2.24) is 24.8 Å². The molecule has 3 heterocycles. The highest BCUT2D eigenvalue weighted by molar-refractivity contribution is 7.13. The van der Waals surface area contributed by atoms with Gasteiger partial charge in [-0.15, -0.1) is 11.3 Å². The molecule has 7 heteroatoms. The molecule has 0 fully saturated rings. The summed E-state index contributed by atoms with van der Waals surface area (Å²) in [7, 11) is 1.87. The van der Waals surface area contributed by atoms with E-state index in [2.05, 4.69) is 20.3 Å². The van der Waals surface area contributed by atoms with Crippen LogP contribution in [0.2, 0.25) is 0 Å². The van der Waals surface area contributed by atoms with Crippen LogP contribution in [0.1, 0.15) is 16.1 Å². The normalized spacial score (nSPS) is 10.9. The molecule has 0 atom stereocenters. The molecule has 0 aliphatic carbocycles. The molecule has 6 nitrogen and oxygen atoms in total. The Bertz CT molecular complexity index is 1040. The predicted molar refractivity (Wildman–Crippen MR) is 97.2 cm³/mol. The standard InChI is InChI=1S/C18H15N5OS/c1-23-11-21-15-7-13(8-19-16(15)23)17(24)20-9-14-10-25-18(22-14)12-5-3-2-4-6-12/h2-8,10-11H,9H2,1H3,(H,20,24). The Kier molecular flexibility index (Phi) is 3.99. The van der Waals surface area contributed by atoms with E-state index < -0.39 is 0 Å². The first-order chi connectivity index (χ1) is 12.2. The number of hydrogen-bond donors (Lipinski definition) is 1. The summed E-state index contributed by atoms with van der Waals surface area (Å²) in [6.07, 6.45) is 3.25. The molecule has 1 amide bonds. The van der Waals surface area contributed by atoms with Gasteiger partial charge in [-0.3, -0.25) is 4.79 Å². The van der Waals surface area contributed by atoms with Crippen molar-refractivity contribution in [3.63, 3.8) is 0 Å². The van der Waals surface area contributed by atoms with Crippen molar-refractivity contribution < 1.29 is 4.79 Å². The van der Waals surface area contributed by atoms with Crippen LogP contribution in [0, 0.1) is 0 Å². The Morgan fingerprint density at radius 1 is 1.24 bits per heavy atom. The summed E-state index contributed by atoms with van der Waals surface area (Å²) >= 11 is 1.57. The molecule has 0 radical (unpaired) electrons. The first-order valence-corrected chi connectivity index (χ1v) is 8.64. The van der Waals surface area contributed by atoms with E-state index in [1.54, 1.807) is 29.9 Å². The van der Waals surface area contributed by atoms with Crippen molar-refractivity contribution in [2.45, 2.75) is 6.54 Å². The van der Waals surface area contributed by atoms with Crippen LogP contribution in [-0.2, 0) is 13.6 Å². The van der Waals surface area contributed by atoms with Gasteiger partial charge >= 0.3 is 0 Å². The first kappa shape index (κ1) is 15.5. The predicted octanol–water partition coefficient (Wildman–Crippen LogP) is 3.02. The lowest BCUT2D eigenvalue weighted by Gasteiger charge is -2.03. The number of amides is 1. The topological polar surface area (TPSA) is 72.7 Å². The van der Waals surface area contributed by atoms with Gasteiger partial charge in [0, 0.05) is 24.2 Å². The van der Waals surface area contributed by atoms with Crippen LogP contribution in [0.15, 0.2) is 54.3 Å². The number of nitrogens with one attached hydrogen (secondary N) is 1. The molecule has 0 aliphatic heterocycles. The lowest BCUT2D eigenvalue weighted by atomic mass is 10.2. The van der Waals surface area contributed by atoms with Gasteiger partial charge in [0.1, 0.15) is 10.5 Å². The van der Waals surface area contributed by atoms with Crippen molar-refractivity contribution in [3.8, 4) is 10.6 Å². The van der Waals surface area contributed by atoms with E-state index in [1.807, 2.05) is 47.3 Å². The maximum atomic E-state index is 12.3. The molecule has 4 aromatic rings. The number of thiazole rings is 1. The second kappa shape index (κ2) is 6.45. The second-order valence-electron chi connectivity index (χ2n) is 5.61. The molecule has 0 spiro atoms. The van der Waals surface area contributed by atoms with E-state index in [-0.39, 0.29) is 5.91 Å². The fourth-order valence-corrected chi connectivity index (χ4v) is 3.34. The molecule has 0 saturated heterocycles. The minimum atomic E-state index is -0.186. The first-order valence-electron chi connectivity index (χ1n) is 7.76. The Morgan fingerprint density at radius 2 is 2.08 bits per heavy atom. The van der Waals surface area contributed by atoms with Gasteiger partial charge in [0.25, 0.3) is 5.91 Å². The molecule has 0 saturated carbocycles. The number of benzene rings is 1. The van der Waals surface area contributed by atoms with E-state index in [1.165, 1.54) is 0 Å². The fraction of sp³-hybridized carbons (Fsp3) is 0.111. The molecule has 124 valence electrons. The Balaban J connectivity index is 1.45. The summed E-state index contributed by atoms with van der Waals surface area (Å²) in [5.74, 6) is -0.186. The number of rotatable bonds is 4. The SMILES string of the molecule is Cn1cnc2cc(C(=O)NCc3csc(-c4ccccc4)n3)cnc21. The zero-order chi connectivity index (χ0) is 17.2. The average Bonchev–Trinajstić information content (AvgIpc) is 3.27. The number of aryl methyl sites for hydroxylation is 1. The summed E-state index contributed by atoms with van der Waals surface area (Å²) in [5.41, 5.74) is 3.86. The largest absolute Gasteiger partial charge is 0.346 e. The van der Waals surface area contributed by atoms with Crippen LogP contribution in [0.4, 0.5) is 0 Å². The maximum Gasteiger partial charge on any atom is 0.253 e. The highest BCUT2D eigenvalue weighted by atomic mass is 32.1. The van der Waals surface area contributed by atoms with Gasteiger partial charge in [-0.25, -0.2) is 15.0 Å². The molecule has 4 rings (SSSR count). The van der Waals surface area contributed by atoms with E-state index in [9.17, 15) is 4.79 Å². The van der Waals surface area contributed by atoms with E-state index in [4.69, 9.17) is 0 Å².